The third-order valence-electron chi connectivity index (χ3n) is 6.74. The smallest absolute Gasteiger partial charge is 0.220 e. The van der Waals surface area contributed by atoms with Crippen molar-refractivity contribution >= 4 is 16.9 Å². The van der Waals surface area contributed by atoms with Gasteiger partial charge < -0.3 is 19.5 Å². The summed E-state index contributed by atoms with van der Waals surface area (Å²) in [5.74, 6) is 1.81. The highest BCUT2D eigenvalue weighted by molar-refractivity contribution is 5.84. The zero-order valence-corrected chi connectivity index (χ0v) is 17.7. The number of carbonyl (C=O) groups excluding carboxylic acids is 1. The number of hydrogen-bond donors (Lipinski definition) is 2. The third-order valence-corrected chi connectivity index (χ3v) is 6.74. The molecule has 1 aliphatic heterocycles. The predicted molar refractivity (Wildman–Crippen MR) is 113 cm³/mol. The van der Waals surface area contributed by atoms with E-state index in [0.717, 1.165) is 71.5 Å². The quantitative estimate of drug-likeness (QED) is 0.680. The minimum Gasteiger partial charge on any atom is -0.390 e. The molecule has 5 rings (SSSR count). The zero-order valence-electron chi connectivity index (χ0n) is 17.7. The highest BCUT2D eigenvalue weighted by Crippen LogP contribution is 2.40. The molecule has 7 heteroatoms. The molecule has 0 spiro atoms. The Morgan fingerprint density at radius 1 is 1.23 bits per heavy atom. The fourth-order valence-corrected chi connectivity index (χ4v) is 5.09. The number of rotatable bonds is 3. The first kappa shape index (κ1) is 19.3. The van der Waals surface area contributed by atoms with Crippen LogP contribution in [0.25, 0.3) is 22.2 Å². The summed E-state index contributed by atoms with van der Waals surface area (Å²) < 4.78 is 7.67. The van der Waals surface area contributed by atoms with E-state index in [-0.39, 0.29) is 18.0 Å². The van der Waals surface area contributed by atoms with Crippen LogP contribution in [0.4, 0.5) is 0 Å². The molecule has 1 saturated heterocycles. The summed E-state index contributed by atoms with van der Waals surface area (Å²) >= 11 is 0. The van der Waals surface area contributed by atoms with E-state index >= 15 is 0 Å². The molecule has 2 aliphatic rings. The minimum atomic E-state index is -0.592. The van der Waals surface area contributed by atoms with Crippen LogP contribution < -0.4 is 5.32 Å². The van der Waals surface area contributed by atoms with Gasteiger partial charge in [-0.3, -0.25) is 4.79 Å². The maximum atomic E-state index is 11.9. The van der Waals surface area contributed by atoms with Gasteiger partial charge in [-0.15, -0.1) is 0 Å². The number of amides is 1. The molecule has 3 heterocycles. The molecular formula is C23H28N4O3. The maximum Gasteiger partial charge on any atom is 0.220 e. The van der Waals surface area contributed by atoms with Gasteiger partial charge in [0.2, 0.25) is 5.91 Å². The molecule has 1 aromatic carbocycles. The topological polar surface area (TPSA) is 93.2 Å². The molecule has 0 unspecified atom stereocenters. The highest BCUT2D eigenvalue weighted by atomic mass is 16.5. The number of aromatic nitrogens is 3. The van der Waals surface area contributed by atoms with E-state index in [1.54, 1.807) is 0 Å². The first-order valence-electron chi connectivity index (χ1n) is 10.8. The van der Waals surface area contributed by atoms with E-state index in [4.69, 9.17) is 9.51 Å². The number of aryl methyl sites for hydroxylation is 2. The molecule has 2 fully saturated rings. The summed E-state index contributed by atoms with van der Waals surface area (Å²) in [4.78, 5) is 16.9. The van der Waals surface area contributed by atoms with Gasteiger partial charge in [-0.1, -0.05) is 11.2 Å². The molecule has 30 heavy (non-hydrogen) atoms. The van der Waals surface area contributed by atoms with Crippen molar-refractivity contribution in [3.63, 3.8) is 0 Å². The van der Waals surface area contributed by atoms with Gasteiger partial charge in [0.05, 0.1) is 28.4 Å². The molecular weight excluding hydrogens is 380 g/mol. The van der Waals surface area contributed by atoms with Crippen molar-refractivity contribution in [3.8, 4) is 11.1 Å². The lowest BCUT2D eigenvalue weighted by atomic mass is 9.83. The van der Waals surface area contributed by atoms with E-state index in [0.29, 0.717) is 6.42 Å². The molecule has 3 aromatic rings. The van der Waals surface area contributed by atoms with Gasteiger partial charge in [0.1, 0.15) is 11.6 Å². The van der Waals surface area contributed by atoms with Crippen LogP contribution in [0, 0.1) is 13.8 Å². The van der Waals surface area contributed by atoms with E-state index in [9.17, 15) is 9.90 Å². The summed E-state index contributed by atoms with van der Waals surface area (Å²) in [6, 6.07) is 6.53. The van der Waals surface area contributed by atoms with Gasteiger partial charge in [0.15, 0.2) is 0 Å². The Balaban J connectivity index is 1.62. The number of fused-ring (bicyclic) bond motifs is 1. The van der Waals surface area contributed by atoms with Crippen LogP contribution in [0.5, 0.6) is 0 Å². The van der Waals surface area contributed by atoms with Crippen molar-refractivity contribution in [1.82, 2.24) is 20.0 Å². The number of imidazole rings is 1. The fourth-order valence-electron chi connectivity index (χ4n) is 5.09. The Morgan fingerprint density at radius 2 is 2.00 bits per heavy atom. The monoisotopic (exact) mass is 408 g/mol. The highest BCUT2D eigenvalue weighted by Gasteiger charge is 2.34. The lowest BCUT2D eigenvalue weighted by molar-refractivity contribution is -0.119. The van der Waals surface area contributed by atoms with Gasteiger partial charge in [0.25, 0.3) is 0 Å². The average molecular weight is 409 g/mol. The van der Waals surface area contributed by atoms with Crippen LogP contribution in [-0.4, -0.2) is 31.3 Å². The first-order chi connectivity index (χ1) is 14.3. The van der Waals surface area contributed by atoms with Crippen molar-refractivity contribution in [2.75, 3.05) is 0 Å². The number of nitrogens with one attached hydrogen (secondary N) is 1. The van der Waals surface area contributed by atoms with Crippen LogP contribution in [0.15, 0.2) is 22.7 Å². The molecule has 1 aliphatic carbocycles. The SMILES string of the molecule is Cc1noc(C)c1-c1ccc2c(c1)nc([C@@H]1CCC(=O)N1)n2[C@H]1CC[C@@](C)(O)CC1. The molecule has 7 nitrogen and oxygen atoms in total. The summed E-state index contributed by atoms with van der Waals surface area (Å²) in [7, 11) is 0. The van der Waals surface area contributed by atoms with Gasteiger partial charge in [-0.25, -0.2) is 4.98 Å². The molecule has 2 N–H and O–H groups in total. The van der Waals surface area contributed by atoms with Crippen LogP contribution in [0.3, 0.4) is 0 Å². The molecule has 1 atom stereocenters. The largest absolute Gasteiger partial charge is 0.390 e. The lowest BCUT2D eigenvalue weighted by Gasteiger charge is -2.35. The summed E-state index contributed by atoms with van der Waals surface area (Å²) in [5, 5.41) is 17.6. The van der Waals surface area contributed by atoms with Gasteiger partial charge >= 0.3 is 0 Å². The van der Waals surface area contributed by atoms with Crippen molar-refractivity contribution < 1.29 is 14.4 Å². The normalized spacial score (nSPS) is 27.0. The summed E-state index contributed by atoms with van der Waals surface area (Å²) in [6.07, 6.45) is 4.65. The third kappa shape index (κ3) is 3.21. The number of hydrogen-bond acceptors (Lipinski definition) is 5. The predicted octanol–water partition coefficient (Wildman–Crippen LogP) is 4.13. The molecule has 0 radical (unpaired) electrons. The zero-order chi connectivity index (χ0) is 21.0. The fraction of sp³-hybridized carbons (Fsp3) is 0.522. The average Bonchev–Trinajstić information content (AvgIpc) is 3.38. The van der Waals surface area contributed by atoms with Gasteiger partial charge in [-0.2, -0.15) is 0 Å². The standard InChI is InChI=1S/C23H28N4O3/c1-13-21(14(2)30-26-13)15-4-6-19-18(12-15)25-22(17-5-7-20(28)24-17)27(19)16-8-10-23(3,29)11-9-16/h4,6,12,16-17,29H,5,7-11H2,1-3H3,(H,24,28)/t16-,17-,23+/m0/s1. The van der Waals surface area contributed by atoms with E-state index in [1.807, 2.05) is 20.8 Å². The minimum absolute atomic E-state index is 0.0603. The van der Waals surface area contributed by atoms with Crippen LogP contribution >= 0.6 is 0 Å². The van der Waals surface area contributed by atoms with Crippen LogP contribution in [-0.2, 0) is 4.79 Å². The molecule has 1 saturated carbocycles. The molecule has 0 bridgehead atoms. The molecule has 158 valence electrons. The van der Waals surface area contributed by atoms with E-state index < -0.39 is 5.60 Å². The lowest BCUT2D eigenvalue weighted by Crippen LogP contribution is -2.32. The Morgan fingerprint density at radius 3 is 2.63 bits per heavy atom. The van der Waals surface area contributed by atoms with Crippen molar-refractivity contribution in [1.29, 1.82) is 0 Å². The second-order valence-corrected chi connectivity index (χ2v) is 9.13. The Hall–Kier alpha value is -2.67. The van der Waals surface area contributed by atoms with Gasteiger partial charge in [0, 0.05) is 18.0 Å². The Bertz CT molecular complexity index is 1100. The van der Waals surface area contributed by atoms with Crippen LogP contribution in [0.1, 0.15) is 74.8 Å². The second-order valence-electron chi connectivity index (χ2n) is 9.13. The number of nitrogens with zero attached hydrogens (tertiary/aromatic N) is 3. The summed E-state index contributed by atoms with van der Waals surface area (Å²) in [5.41, 5.74) is 4.32. The van der Waals surface area contributed by atoms with Crippen molar-refractivity contribution in [2.24, 2.45) is 0 Å². The van der Waals surface area contributed by atoms with Crippen molar-refractivity contribution in [2.45, 2.75) is 77.0 Å². The molecule has 2 aromatic heterocycles. The second kappa shape index (κ2) is 6.94. The van der Waals surface area contributed by atoms with Crippen LogP contribution in [0.2, 0.25) is 0 Å². The van der Waals surface area contributed by atoms with E-state index in [1.165, 1.54) is 0 Å². The first-order valence-corrected chi connectivity index (χ1v) is 10.8. The van der Waals surface area contributed by atoms with E-state index in [2.05, 4.69) is 33.2 Å². The Labute approximate surface area is 175 Å². The number of aliphatic hydroxyl groups is 1. The number of benzene rings is 1. The molecule has 1 amide bonds. The maximum absolute atomic E-state index is 11.9. The Kier molecular flexibility index (Phi) is 4.47. The number of carbonyl (C=O) groups is 1. The van der Waals surface area contributed by atoms with Crippen molar-refractivity contribution in [3.05, 3.63) is 35.5 Å². The van der Waals surface area contributed by atoms with Gasteiger partial charge in [-0.05, 0) is 70.6 Å². The summed E-state index contributed by atoms with van der Waals surface area (Å²) in [6.45, 7) is 5.79.